The first-order valence-corrected chi connectivity index (χ1v) is 5.57. The summed E-state index contributed by atoms with van der Waals surface area (Å²) in [6.07, 6.45) is 4.87. The highest BCUT2D eigenvalue weighted by atomic mass is 19.4. The lowest BCUT2D eigenvalue weighted by Gasteiger charge is -2.09. The summed E-state index contributed by atoms with van der Waals surface area (Å²) in [6.45, 7) is 0. The van der Waals surface area contributed by atoms with E-state index in [2.05, 4.69) is 12.2 Å². The lowest BCUT2D eigenvalue weighted by molar-refractivity contribution is -0.137. The molecule has 0 N–H and O–H groups in total. The highest BCUT2D eigenvalue weighted by molar-refractivity contribution is 5.54. The molecule has 0 bridgehead atoms. The first kappa shape index (κ1) is 12.0. The van der Waals surface area contributed by atoms with Gasteiger partial charge in [-0.3, -0.25) is 0 Å². The molecule has 1 aliphatic rings. The van der Waals surface area contributed by atoms with Crippen LogP contribution in [-0.4, -0.2) is 0 Å². The van der Waals surface area contributed by atoms with E-state index in [0.717, 1.165) is 37.0 Å². The van der Waals surface area contributed by atoms with Gasteiger partial charge in [0, 0.05) is 0 Å². The van der Waals surface area contributed by atoms with Crippen LogP contribution in [0.1, 0.15) is 30.4 Å². The van der Waals surface area contributed by atoms with Crippen molar-refractivity contribution in [2.75, 3.05) is 0 Å². The molecule has 0 nitrogen and oxygen atoms in total. The van der Waals surface area contributed by atoms with E-state index in [1.807, 2.05) is 6.08 Å². The molecule has 0 aromatic heterocycles. The van der Waals surface area contributed by atoms with Crippen LogP contribution in [0, 0.1) is 0 Å². The molecule has 0 radical (unpaired) electrons. The standard InChI is InChI=1S/C14H13F3/c15-14(16,17)13-8-6-12(7-9-13)10-11-4-2-1-3-5-11/h1-2,6-10H,3-5H2/b11-10-. The maximum absolute atomic E-state index is 12.4. The molecular weight excluding hydrogens is 225 g/mol. The molecule has 0 fully saturated rings. The Morgan fingerprint density at radius 2 is 1.71 bits per heavy atom. The van der Waals surface area contributed by atoms with Gasteiger partial charge in [-0.05, 0) is 37.0 Å². The Bertz CT molecular complexity index is 436. The minimum Gasteiger partial charge on any atom is -0.166 e. The summed E-state index contributed by atoms with van der Waals surface area (Å²) in [5.74, 6) is 0. The second kappa shape index (κ2) is 4.78. The Labute approximate surface area is 98.5 Å². The fraction of sp³-hybridized carbons (Fsp3) is 0.286. The van der Waals surface area contributed by atoms with E-state index in [1.165, 1.54) is 17.7 Å². The van der Waals surface area contributed by atoms with Crippen molar-refractivity contribution in [3.05, 3.63) is 53.1 Å². The van der Waals surface area contributed by atoms with Gasteiger partial charge in [-0.2, -0.15) is 13.2 Å². The molecule has 0 atom stereocenters. The summed E-state index contributed by atoms with van der Waals surface area (Å²) in [5, 5.41) is 0. The van der Waals surface area contributed by atoms with E-state index in [9.17, 15) is 13.2 Å². The van der Waals surface area contributed by atoms with Crippen LogP contribution in [0.25, 0.3) is 6.08 Å². The van der Waals surface area contributed by atoms with Crippen molar-refractivity contribution in [1.82, 2.24) is 0 Å². The summed E-state index contributed by atoms with van der Waals surface area (Å²) in [7, 11) is 0. The Balaban J connectivity index is 2.16. The lowest BCUT2D eigenvalue weighted by Crippen LogP contribution is -2.04. The summed E-state index contributed by atoms with van der Waals surface area (Å²) >= 11 is 0. The van der Waals surface area contributed by atoms with Gasteiger partial charge in [0.05, 0.1) is 5.56 Å². The molecule has 0 heterocycles. The zero-order chi connectivity index (χ0) is 12.3. The van der Waals surface area contributed by atoms with E-state index in [0.29, 0.717) is 0 Å². The SMILES string of the molecule is FC(F)(F)c1ccc(/C=C2/CC=CCC2)cc1. The van der Waals surface area contributed by atoms with E-state index < -0.39 is 11.7 Å². The minimum atomic E-state index is -4.25. The molecule has 1 aromatic carbocycles. The van der Waals surface area contributed by atoms with Gasteiger partial charge in [0.25, 0.3) is 0 Å². The highest BCUT2D eigenvalue weighted by Gasteiger charge is 2.29. The summed E-state index contributed by atoms with van der Waals surface area (Å²) in [6, 6.07) is 5.30. The fourth-order valence-electron chi connectivity index (χ4n) is 1.86. The molecule has 3 heteroatoms. The van der Waals surface area contributed by atoms with Crippen molar-refractivity contribution in [2.24, 2.45) is 0 Å². The average molecular weight is 238 g/mol. The van der Waals surface area contributed by atoms with Crippen molar-refractivity contribution in [1.29, 1.82) is 0 Å². The highest BCUT2D eigenvalue weighted by Crippen LogP contribution is 2.29. The number of halogens is 3. The van der Waals surface area contributed by atoms with Gasteiger partial charge in [0.2, 0.25) is 0 Å². The van der Waals surface area contributed by atoms with E-state index in [-0.39, 0.29) is 0 Å². The number of hydrogen-bond donors (Lipinski definition) is 0. The van der Waals surface area contributed by atoms with E-state index in [4.69, 9.17) is 0 Å². The topological polar surface area (TPSA) is 0 Å². The molecule has 0 saturated heterocycles. The number of hydrogen-bond acceptors (Lipinski definition) is 0. The van der Waals surface area contributed by atoms with E-state index in [1.54, 1.807) is 0 Å². The second-order valence-corrected chi connectivity index (χ2v) is 4.14. The molecule has 90 valence electrons. The molecule has 0 spiro atoms. The van der Waals surface area contributed by atoms with Gasteiger partial charge in [0.15, 0.2) is 0 Å². The first-order chi connectivity index (χ1) is 8.05. The third-order valence-corrected chi connectivity index (χ3v) is 2.79. The van der Waals surface area contributed by atoms with Crippen LogP contribution in [0.4, 0.5) is 13.2 Å². The fourth-order valence-corrected chi connectivity index (χ4v) is 1.86. The largest absolute Gasteiger partial charge is 0.416 e. The summed E-state index contributed by atoms with van der Waals surface area (Å²) in [4.78, 5) is 0. The van der Waals surface area contributed by atoms with Crippen molar-refractivity contribution >= 4 is 6.08 Å². The predicted molar refractivity (Wildman–Crippen MR) is 62.4 cm³/mol. The number of allylic oxidation sites excluding steroid dienone is 3. The Kier molecular flexibility index (Phi) is 3.36. The number of alkyl halides is 3. The zero-order valence-corrected chi connectivity index (χ0v) is 9.30. The second-order valence-electron chi connectivity index (χ2n) is 4.14. The van der Waals surface area contributed by atoms with Crippen molar-refractivity contribution in [2.45, 2.75) is 25.4 Å². The normalized spacial score (nSPS) is 18.6. The predicted octanol–water partition coefficient (Wildman–Crippen LogP) is 4.83. The quantitative estimate of drug-likeness (QED) is 0.615. The first-order valence-electron chi connectivity index (χ1n) is 5.57. The van der Waals surface area contributed by atoms with Crippen molar-refractivity contribution < 1.29 is 13.2 Å². The van der Waals surface area contributed by atoms with Crippen LogP contribution in [0.5, 0.6) is 0 Å². The van der Waals surface area contributed by atoms with Gasteiger partial charge < -0.3 is 0 Å². The maximum Gasteiger partial charge on any atom is 0.416 e. The average Bonchev–Trinajstić information content (AvgIpc) is 2.30. The molecule has 2 rings (SSSR count). The zero-order valence-electron chi connectivity index (χ0n) is 9.30. The van der Waals surface area contributed by atoms with Crippen molar-refractivity contribution in [3.63, 3.8) is 0 Å². The van der Waals surface area contributed by atoms with Crippen LogP contribution in [0.15, 0.2) is 42.0 Å². The molecule has 0 unspecified atom stereocenters. The van der Waals surface area contributed by atoms with Gasteiger partial charge in [-0.15, -0.1) is 0 Å². The van der Waals surface area contributed by atoms with Gasteiger partial charge >= 0.3 is 6.18 Å². The summed E-state index contributed by atoms with van der Waals surface area (Å²) < 4.78 is 37.1. The Morgan fingerprint density at radius 3 is 2.24 bits per heavy atom. The van der Waals surface area contributed by atoms with Crippen LogP contribution in [0.2, 0.25) is 0 Å². The Morgan fingerprint density at radius 1 is 1.00 bits per heavy atom. The molecule has 1 aliphatic carbocycles. The van der Waals surface area contributed by atoms with Crippen LogP contribution in [-0.2, 0) is 6.18 Å². The van der Waals surface area contributed by atoms with Gasteiger partial charge in [-0.1, -0.05) is 35.9 Å². The van der Waals surface area contributed by atoms with Gasteiger partial charge in [-0.25, -0.2) is 0 Å². The molecule has 0 aliphatic heterocycles. The molecule has 17 heavy (non-hydrogen) atoms. The van der Waals surface area contributed by atoms with Crippen LogP contribution >= 0.6 is 0 Å². The number of benzene rings is 1. The molecule has 1 aromatic rings. The lowest BCUT2D eigenvalue weighted by atomic mass is 9.98. The van der Waals surface area contributed by atoms with Crippen LogP contribution < -0.4 is 0 Å². The third-order valence-electron chi connectivity index (χ3n) is 2.79. The Hall–Kier alpha value is -1.51. The molecular formula is C14H13F3. The molecule has 0 amide bonds. The van der Waals surface area contributed by atoms with Crippen LogP contribution in [0.3, 0.4) is 0 Å². The van der Waals surface area contributed by atoms with E-state index >= 15 is 0 Å². The number of rotatable bonds is 1. The third kappa shape index (κ3) is 3.22. The smallest absolute Gasteiger partial charge is 0.166 e. The maximum atomic E-state index is 12.4. The van der Waals surface area contributed by atoms with Gasteiger partial charge in [0.1, 0.15) is 0 Å². The summed E-state index contributed by atoms with van der Waals surface area (Å²) in [5.41, 5.74) is 1.51. The monoisotopic (exact) mass is 238 g/mol. The molecule has 0 saturated carbocycles. The minimum absolute atomic E-state index is 0.594. The van der Waals surface area contributed by atoms with Crippen molar-refractivity contribution in [3.8, 4) is 0 Å².